The van der Waals surface area contributed by atoms with Gasteiger partial charge in [0.25, 0.3) is 0 Å². The van der Waals surface area contributed by atoms with Gasteiger partial charge in [0.05, 0.1) is 19.7 Å². The van der Waals surface area contributed by atoms with Gasteiger partial charge in [0, 0.05) is 12.4 Å². The molecule has 0 aliphatic carbocycles. The molecule has 5 nitrogen and oxygen atoms in total. The molecule has 0 atom stereocenters. The second-order valence-corrected chi connectivity index (χ2v) is 4.11. The Hall–Kier alpha value is -2.17. The van der Waals surface area contributed by atoms with Crippen LogP contribution < -0.4 is 4.74 Å². The Bertz CT molecular complexity index is 611. The number of carbonyl (C=O) groups is 1. The first-order valence-electron chi connectivity index (χ1n) is 6.11. The van der Waals surface area contributed by atoms with Crippen LogP contribution in [0.25, 0.3) is 11.0 Å². The van der Waals surface area contributed by atoms with Gasteiger partial charge in [0.15, 0.2) is 0 Å². The van der Waals surface area contributed by atoms with E-state index in [1.165, 1.54) is 7.11 Å². The van der Waals surface area contributed by atoms with Gasteiger partial charge >= 0.3 is 5.97 Å². The summed E-state index contributed by atoms with van der Waals surface area (Å²) in [6, 6.07) is 1.91. The highest BCUT2D eigenvalue weighted by atomic mass is 16.5. The lowest BCUT2D eigenvalue weighted by Gasteiger charge is -2.13. The van der Waals surface area contributed by atoms with E-state index in [2.05, 4.69) is 16.9 Å². The summed E-state index contributed by atoms with van der Waals surface area (Å²) in [6.07, 6.45) is 4.90. The molecule has 100 valence electrons. The molecule has 0 saturated carbocycles. The summed E-state index contributed by atoms with van der Waals surface area (Å²) in [5.74, 6) is 0.0713. The molecule has 0 aliphatic heterocycles. The Morgan fingerprint density at radius 3 is 2.63 bits per heavy atom. The summed E-state index contributed by atoms with van der Waals surface area (Å²) in [5, 5.41) is 0. The monoisotopic (exact) mass is 260 g/mol. The molecule has 0 bridgehead atoms. The minimum Gasteiger partial charge on any atom is -0.495 e. The molecule has 1 heterocycles. The molecule has 0 spiro atoms. The summed E-state index contributed by atoms with van der Waals surface area (Å²) in [7, 11) is 2.89. The fourth-order valence-corrected chi connectivity index (χ4v) is 2.13. The highest BCUT2D eigenvalue weighted by molar-refractivity contribution is 6.05. The van der Waals surface area contributed by atoms with Crippen molar-refractivity contribution in [3.05, 3.63) is 29.6 Å². The number of nitrogens with zero attached hydrogens (tertiary/aromatic N) is 2. The van der Waals surface area contributed by atoms with Crippen LogP contribution >= 0.6 is 0 Å². The van der Waals surface area contributed by atoms with Crippen LogP contribution in [-0.4, -0.2) is 30.2 Å². The molecule has 0 radical (unpaired) electrons. The first-order chi connectivity index (χ1) is 9.22. The van der Waals surface area contributed by atoms with Crippen molar-refractivity contribution in [3.63, 3.8) is 0 Å². The zero-order valence-corrected chi connectivity index (χ0v) is 11.3. The van der Waals surface area contributed by atoms with Crippen LogP contribution in [0.3, 0.4) is 0 Å². The van der Waals surface area contributed by atoms with Crippen molar-refractivity contribution in [2.45, 2.75) is 19.8 Å². The molecule has 0 N–H and O–H groups in total. The largest absolute Gasteiger partial charge is 0.495 e. The predicted octanol–water partition coefficient (Wildman–Crippen LogP) is 2.38. The number of hydrogen-bond acceptors (Lipinski definition) is 5. The van der Waals surface area contributed by atoms with Crippen LogP contribution in [0.2, 0.25) is 0 Å². The first kappa shape index (κ1) is 13.3. The number of esters is 1. The van der Waals surface area contributed by atoms with Crippen molar-refractivity contribution in [1.29, 1.82) is 0 Å². The summed E-state index contributed by atoms with van der Waals surface area (Å²) < 4.78 is 10.2. The van der Waals surface area contributed by atoms with Gasteiger partial charge in [-0.05, 0) is 18.1 Å². The third-order valence-corrected chi connectivity index (χ3v) is 2.91. The van der Waals surface area contributed by atoms with Crippen molar-refractivity contribution in [3.8, 4) is 5.75 Å². The highest BCUT2D eigenvalue weighted by Crippen LogP contribution is 2.31. The topological polar surface area (TPSA) is 61.3 Å². The van der Waals surface area contributed by atoms with Gasteiger partial charge in [-0.15, -0.1) is 0 Å². The van der Waals surface area contributed by atoms with Crippen LogP contribution in [-0.2, 0) is 11.2 Å². The SMILES string of the molecule is CCCc1cc2nccnc2c(C(=O)OC)c1OC. The normalized spacial score (nSPS) is 10.5. The maximum absolute atomic E-state index is 12.0. The zero-order valence-electron chi connectivity index (χ0n) is 11.3. The lowest BCUT2D eigenvalue weighted by molar-refractivity contribution is 0.0599. The molecule has 2 rings (SSSR count). The Morgan fingerprint density at radius 2 is 2.00 bits per heavy atom. The number of aryl methyl sites for hydroxylation is 1. The minimum atomic E-state index is -0.458. The average Bonchev–Trinajstić information content (AvgIpc) is 2.45. The molecule has 1 aromatic heterocycles. The maximum Gasteiger partial charge on any atom is 0.343 e. The van der Waals surface area contributed by atoms with E-state index in [1.54, 1.807) is 19.5 Å². The standard InChI is InChI=1S/C14H16N2O3/c1-4-5-9-8-10-12(16-7-6-15-10)11(13(9)18-2)14(17)19-3/h6-8H,4-5H2,1-3H3. The van der Waals surface area contributed by atoms with E-state index < -0.39 is 5.97 Å². The molecular weight excluding hydrogens is 244 g/mol. The molecule has 0 amide bonds. The van der Waals surface area contributed by atoms with Crippen molar-refractivity contribution < 1.29 is 14.3 Å². The fourth-order valence-electron chi connectivity index (χ4n) is 2.13. The lowest BCUT2D eigenvalue weighted by atomic mass is 10.0. The van der Waals surface area contributed by atoms with E-state index in [9.17, 15) is 4.79 Å². The zero-order chi connectivity index (χ0) is 13.8. The second kappa shape index (κ2) is 5.65. The van der Waals surface area contributed by atoms with E-state index in [1.807, 2.05) is 6.07 Å². The molecule has 0 unspecified atom stereocenters. The minimum absolute atomic E-state index is 0.346. The van der Waals surface area contributed by atoms with E-state index in [4.69, 9.17) is 9.47 Å². The van der Waals surface area contributed by atoms with Crippen molar-refractivity contribution in [2.75, 3.05) is 14.2 Å². The fraction of sp³-hybridized carbons (Fsp3) is 0.357. The van der Waals surface area contributed by atoms with E-state index >= 15 is 0 Å². The third-order valence-electron chi connectivity index (χ3n) is 2.91. The van der Waals surface area contributed by atoms with Crippen LogP contribution in [0.1, 0.15) is 29.3 Å². The van der Waals surface area contributed by atoms with Crippen LogP contribution in [0.15, 0.2) is 18.5 Å². The van der Waals surface area contributed by atoms with Gasteiger partial charge in [-0.25, -0.2) is 4.79 Å². The van der Waals surface area contributed by atoms with Crippen LogP contribution in [0, 0.1) is 0 Å². The summed E-state index contributed by atoms with van der Waals surface area (Å²) >= 11 is 0. The predicted molar refractivity (Wildman–Crippen MR) is 71.4 cm³/mol. The number of ether oxygens (including phenoxy) is 2. The van der Waals surface area contributed by atoms with Crippen LogP contribution in [0.4, 0.5) is 0 Å². The van der Waals surface area contributed by atoms with E-state index in [0.717, 1.165) is 18.4 Å². The smallest absolute Gasteiger partial charge is 0.343 e. The molecule has 1 aromatic carbocycles. The Balaban J connectivity index is 2.80. The van der Waals surface area contributed by atoms with Crippen LogP contribution in [0.5, 0.6) is 5.75 Å². The molecule has 0 aliphatic rings. The van der Waals surface area contributed by atoms with Gasteiger partial charge in [-0.2, -0.15) is 0 Å². The summed E-state index contributed by atoms with van der Waals surface area (Å²) in [6.45, 7) is 2.07. The number of fused-ring (bicyclic) bond motifs is 1. The number of benzene rings is 1. The Kier molecular flexibility index (Phi) is 3.94. The van der Waals surface area contributed by atoms with Gasteiger partial charge in [-0.3, -0.25) is 9.97 Å². The maximum atomic E-state index is 12.0. The number of aromatic nitrogens is 2. The van der Waals surface area contributed by atoms with Crippen molar-refractivity contribution >= 4 is 17.0 Å². The first-order valence-corrected chi connectivity index (χ1v) is 6.11. The number of rotatable bonds is 4. The molecule has 0 saturated heterocycles. The Morgan fingerprint density at radius 1 is 1.26 bits per heavy atom. The lowest BCUT2D eigenvalue weighted by Crippen LogP contribution is -2.08. The number of carbonyl (C=O) groups excluding carboxylic acids is 1. The van der Waals surface area contributed by atoms with Gasteiger partial charge in [0.1, 0.15) is 16.8 Å². The van der Waals surface area contributed by atoms with E-state index in [-0.39, 0.29) is 0 Å². The molecule has 19 heavy (non-hydrogen) atoms. The highest BCUT2D eigenvalue weighted by Gasteiger charge is 2.22. The average molecular weight is 260 g/mol. The number of hydrogen-bond donors (Lipinski definition) is 0. The third kappa shape index (κ3) is 2.36. The van der Waals surface area contributed by atoms with Gasteiger partial charge in [0.2, 0.25) is 0 Å². The molecule has 0 fully saturated rings. The summed E-state index contributed by atoms with van der Waals surface area (Å²) in [4.78, 5) is 20.5. The molecular formula is C14H16N2O3. The van der Waals surface area contributed by atoms with Gasteiger partial charge < -0.3 is 9.47 Å². The summed E-state index contributed by atoms with van der Waals surface area (Å²) in [5.41, 5.74) is 2.47. The van der Waals surface area contributed by atoms with E-state index in [0.29, 0.717) is 22.3 Å². The quantitative estimate of drug-likeness (QED) is 0.790. The Labute approximate surface area is 111 Å². The second-order valence-electron chi connectivity index (χ2n) is 4.11. The molecule has 5 heteroatoms. The van der Waals surface area contributed by atoms with Crippen molar-refractivity contribution in [2.24, 2.45) is 0 Å². The molecule has 2 aromatic rings. The van der Waals surface area contributed by atoms with Crippen molar-refractivity contribution in [1.82, 2.24) is 9.97 Å². The van der Waals surface area contributed by atoms with Gasteiger partial charge in [-0.1, -0.05) is 13.3 Å². The number of methoxy groups -OCH3 is 2.